The van der Waals surface area contributed by atoms with Crippen molar-refractivity contribution in [1.29, 1.82) is 0 Å². The molecule has 0 bridgehead atoms. The van der Waals surface area contributed by atoms with Gasteiger partial charge in [0.2, 0.25) is 0 Å². The van der Waals surface area contributed by atoms with Crippen LogP contribution in [-0.4, -0.2) is 23.3 Å². The van der Waals surface area contributed by atoms with Crippen LogP contribution in [0.25, 0.3) is 0 Å². The van der Waals surface area contributed by atoms with E-state index in [9.17, 15) is 9.59 Å². The van der Waals surface area contributed by atoms with Gasteiger partial charge in [0.1, 0.15) is 6.10 Å². The number of aldehydes is 1. The molecule has 0 saturated carbocycles. The molecule has 0 saturated heterocycles. The Bertz CT molecular complexity index is 137. The molecule has 3 heteroatoms. The molecule has 0 radical (unpaired) electrons. The number of ketones is 1. The first-order valence-corrected chi connectivity index (χ1v) is 2.49. The number of hydrogen-bond acceptors (Lipinski definition) is 3. The molecular formula is C6H8O3. The first kappa shape index (κ1) is 8.04. The van der Waals surface area contributed by atoms with Gasteiger partial charge >= 0.3 is 0 Å². The van der Waals surface area contributed by atoms with E-state index in [4.69, 9.17) is 5.11 Å². The van der Waals surface area contributed by atoms with E-state index in [1.807, 2.05) is 0 Å². The second kappa shape index (κ2) is 3.97. The summed E-state index contributed by atoms with van der Waals surface area (Å²) in [6.07, 6.45) is 1.49. The van der Waals surface area contributed by atoms with Crippen molar-refractivity contribution in [1.82, 2.24) is 0 Å². The van der Waals surface area contributed by atoms with Crippen LogP contribution in [0.3, 0.4) is 0 Å². The van der Waals surface area contributed by atoms with Crippen molar-refractivity contribution in [3.63, 3.8) is 0 Å². The van der Waals surface area contributed by atoms with E-state index < -0.39 is 6.10 Å². The third-order valence-electron chi connectivity index (χ3n) is 0.668. The van der Waals surface area contributed by atoms with Gasteiger partial charge in [-0.25, -0.2) is 0 Å². The zero-order valence-corrected chi connectivity index (χ0v) is 5.07. The lowest BCUT2D eigenvalue weighted by Gasteiger charge is -1.87. The summed E-state index contributed by atoms with van der Waals surface area (Å²) in [5.74, 6) is -0.184. The van der Waals surface area contributed by atoms with Crippen molar-refractivity contribution in [3.8, 4) is 0 Å². The Labute approximate surface area is 53.0 Å². The standard InChI is InChI=1S/C6H8O3/c1-5(8)2-3-6(9)4-7/h2-4,6,9H,1H3/b3-2+. The minimum absolute atomic E-state index is 0.184. The summed E-state index contributed by atoms with van der Waals surface area (Å²) >= 11 is 0. The Hall–Kier alpha value is -0.960. The van der Waals surface area contributed by atoms with Crippen LogP contribution in [0.15, 0.2) is 12.2 Å². The van der Waals surface area contributed by atoms with E-state index in [1.54, 1.807) is 0 Å². The number of hydrogen-bond donors (Lipinski definition) is 1. The summed E-state index contributed by atoms with van der Waals surface area (Å²) in [6.45, 7) is 1.34. The van der Waals surface area contributed by atoms with Crippen LogP contribution in [0.5, 0.6) is 0 Å². The highest BCUT2D eigenvalue weighted by Gasteiger charge is 1.92. The van der Waals surface area contributed by atoms with Crippen LogP contribution in [0.1, 0.15) is 6.92 Å². The lowest BCUT2D eigenvalue weighted by atomic mass is 10.3. The Morgan fingerprint density at radius 3 is 2.56 bits per heavy atom. The Morgan fingerprint density at radius 2 is 2.22 bits per heavy atom. The maximum Gasteiger partial charge on any atom is 0.152 e. The highest BCUT2D eigenvalue weighted by atomic mass is 16.3. The molecule has 0 heterocycles. The third-order valence-corrected chi connectivity index (χ3v) is 0.668. The summed E-state index contributed by atoms with van der Waals surface area (Å²) in [7, 11) is 0. The fraction of sp³-hybridized carbons (Fsp3) is 0.333. The molecule has 0 spiro atoms. The average Bonchev–Trinajstić information content (AvgIpc) is 1.83. The zero-order valence-electron chi connectivity index (χ0n) is 5.07. The molecular weight excluding hydrogens is 120 g/mol. The quantitative estimate of drug-likeness (QED) is 0.419. The van der Waals surface area contributed by atoms with Gasteiger partial charge < -0.3 is 9.90 Å². The van der Waals surface area contributed by atoms with Crippen molar-refractivity contribution in [3.05, 3.63) is 12.2 Å². The molecule has 0 aromatic rings. The number of carbonyl (C=O) groups is 2. The molecule has 0 aliphatic carbocycles. The summed E-state index contributed by atoms with van der Waals surface area (Å²) < 4.78 is 0. The Morgan fingerprint density at radius 1 is 1.67 bits per heavy atom. The van der Waals surface area contributed by atoms with Gasteiger partial charge in [0.25, 0.3) is 0 Å². The van der Waals surface area contributed by atoms with Gasteiger partial charge in [-0.15, -0.1) is 0 Å². The fourth-order valence-electron chi connectivity index (χ4n) is 0.279. The Balaban J connectivity index is 3.69. The number of allylic oxidation sites excluding steroid dienone is 1. The molecule has 0 aromatic carbocycles. The van der Waals surface area contributed by atoms with Crippen LogP contribution in [0.4, 0.5) is 0 Å². The Kier molecular flexibility index (Phi) is 3.55. The molecule has 0 aromatic heterocycles. The molecule has 0 fully saturated rings. The molecule has 1 N–H and O–H groups in total. The maximum absolute atomic E-state index is 10.2. The van der Waals surface area contributed by atoms with Crippen LogP contribution in [-0.2, 0) is 9.59 Å². The van der Waals surface area contributed by atoms with Gasteiger partial charge in [-0.05, 0) is 19.1 Å². The first-order chi connectivity index (χ1) is 4.16. The van der Waals surface area contributed by atoms with E-state index >= 15 is 0 Å². The van der Waals surface area contributed by atoms with Gasteiger partial charge in [0, 0.05) is 0 Å². The molecule has 3 nitrogen and oxygen atoms in total. The molecule has 0 amide bonds. The predicted octanol–water partition coefficient (Wildman–Crippen LogP) is -0.309. The van der Waals surface area contributed by atoms with E-state index in [0.29, 0.717) is 6.29 Å². The van der Waals surface area contributed by atoms with Crippen molar-refractivity contribution in [2.45, 2.75) is 13.0 Å². The van der Waals surface area contributed by atoms with Crippen molar-refractivity contribution < 1.29 is 14.7 Å². The van der Waals surface area contributed by atoms with Crippen LogP contribution in [0, 0.1) is 0 Å². The largest absolute Gasteiger partial charge is 0.381 e. The van der Waals surface area contributed by atoms with E-state index in [2.05, 4.69) is 0 Å². The number of rotatable bonds is 3. The SMILES string of the molecule is CC(=O)/C=C/C(O)C=O. The van der Waals surface area contributed by atoms with Gasteiger partial charge in [0.15, 0.2) is 12.1 Å². The second-order valence-electron chi connectivity index (χ2n) is 1.60. The smallest absolute Gasteiger partial charge is 0.152 e. The summed E-state index contributed by atoms with van der Waals surface area (Å²) in [6, 6.07) is 0. The molecule has 1 unspecified atom stereocenters. The van der Waals surface area contributed by atoms with Crippen molar-refractivity contribution in [2.75, 3.05) is 0 Å². The second-order valence-corrected chi connectivity index (χ2v) is 1.60. The van der Waals surface area contributed by atoms with Crippen molar-refractivity contribution in [2.24, 2.45) is 0 Å². The van der Waals surface area contributed by atoms with Crippen LogP contribution in [0.2, 0.25) is 0 Å². The lowest BCUT2D eigenvalue weighted by molar-refractivity contribution is -0.113. The molecule has 1 atom stereocenters. The molecule has 50 valence electrons. The predicted molar refractivity (Wildman–Crippen MR) is 31.9 cm³/mol. The average molecular weight is 128 g/mol. The topological polar surface area (TPSA) is 54.4 Å². The third kappa shape index (κ3) is 4.90. The van der Waals surface area contributed by atoms with Crippen LogP contribution < -0.4 is 0 Å². The number of carbonyl (C=O) groups excluding carboxylic acids is 2. The number of aliphatic hydroxyl groups excluding tert-OH is 1. The summed E-state index contributed by atoms with van der Waals surface area (Å²) in [5, 5.41) is 8.50. The van der Waals surface area contributed by atoms with E-state index in [-0.39, 0.29) is 5.78 Å². The van der Waals surface area contributed by atoms with Gasteiger partial charge in [0.05, 0.1) is 0 Å². The lowest BCUT2D eigenvalue weighted by Crippen LogP contribution is -2.02. The minimum Gasteiger partial charge on any atom is -0.381 e. The summed E-state index contributed by atoms with van der Waals surface area (Å²) in [4.78, 5) is 19.9. The zero-order chi connectivity index (χ0) is 7.28. The molecule has 0 aliphatic heterocycles. The van der Waals surface area contributed by atoms with Crippen molar-refractivity contribution >= 4 is 12.1 Å². The minimum atomic E-state index is -1.14. The van der Waals surface area contributed by atoms with E-state index in [1.165, 1.54) is 6.92 Å². The highest BCUT2D eigenvalue weighted by Crippen LogP contribution is 1.80. The maximum atomic E-state index is 10.2. The monoisotopic (exact) mass is 128 g/mol. The van der Waals surface area contributed by atoms with Gasteiger partial charge in [-0.2, -0.15) is 0 Å². The fourth-order valence-corrected chi connectivity index (χ4v) is 0.279. The van der Waals surface area contributed by atoms with E-state index in [0.717, 1.165) is 12.2 Å². The number of aliphatic hydroxyl groups is 1. The normalized spacial score (nSPS) is 13.6. The van der Waals surface area contributed by atoms with Gasteiger partial charge in [-0.1, -0.05) is 0 Å². The first-order valence-electron chi connectivity index (χ1n) is 2.49. The molecule has 9 heavy (non-hydrogen) atoms. The highest BCUT2D eigenvalue weighted by molar-refractivity contribution is 5.87. The molecule has 0 rings (SSSR count). The summed E-state index contributed by atoms with van der Waals surface area (Å²) in [5.41, 5.74) is 0. The van der Waals surface area contributed by atoms with Gasteiger partial charge in [-0.3, -0.25) is 4.79 Å². The van der Waals surface area contributed by atoms with Crippen LogP contribution >= 0.6 is 0 Å². The molecule has 0 aliphatic rings.